The lowest BCUT2D eigenvalue weighted by Gasteiger charge is -2.20. The number of benzene rings is 1. The molecule has 0 spiro atoms. The first-order valence-electron chi connectivity index (χ1n) is 10.4. The standard InChI is InChI=1S/C22H26N4O2S2/c1-2-19-10-13-22(29-19)30(27,28)25-18-9-7-8-17(16-18)20-11-12-21(24-23-20)26-14-5-3-4-6-15-26/h7-13,16,25H,2-6,14-15H2,1H3. The normalized spacial score (nSPS) is 15.0. The second kappa shape index (κ2) is 9.14. The van der Waals surface area contributed by atoms with Gasteiger partial charge in [-0.2, -0.15) is 0 Å². The minimum Gasteiger partial charge on any atom is -0.355 e. The number of nitrogens with zero attached hydrogens (tertiary/aromatic N) is 3. The molecule has 1 saturated heterocycles. The zero-order valence-corrected chi connectivity index (χ0v) is 18.7. The third-order valence-corrected chi connectivity index (χ3v) is 8.34. The van der Waals surface area contributed by atoms with Crippen molar-refractivity contribution in [3.63, 3.8) is 0 Å². The maximum atomic E-state index is 12.7. The van der Waals surface area contributed by atoms with Crippen molar-refractivity contribution in [2.45, 2.75) is 43.2 Å². The molecule has 8 heteroatoms. The van der Waals surface area contributed by atoms with Crippen molar-refractivity contribution in [1.82, 2.24) is 10.2 Å². The first-order chi connectivity index (χ1) is 14.5. The van der Waals surface area contributed by atoms with Crippen LogP contribution in [0.2, 0.25) is 0 Å². The van der Waals surface area contributed by atoms with Gasteiger partial charge in [0.2, 0.25) is 0 Å². The number of aromatic nitrogens is 2. The molecule has 158 valence electrons. The van der Waals surface area contributed by atoms with Crippen LogP contribution in [0.5, 0.6) is 0 Å². The molecule has 0 unspecified atom stereocenters. The zero-order chi connectivity index (χ0) is 21.0. The Hall–Kier alpha value is -2.45. The number of anilines is 2. The zero-order valence-electron chi connectivity index (χ0n) is 17.0. The summed E-state index contributed by atoms with van der Waals surface area (Å²) in [7, 11) is -3.60. The highest BCUT2D eigenvalue weighted by Crippen LogP contribution is 2.27. The van der Waals surface area contributed by atoms with E-state index in [4.69, 9.17) is 0 Å². The summed E-state index contributed by atoms with van der Waals surface area (Å²) in [5, 5.41) is 8.82. The van der Waals surface area contributed by atoms with Gasteiger partial charge < -0.3 is 4.90 Å². The Balaban J connectivity index is 1.51. The summed E-state index contributed by atoms with van der Waals surface area (Å²) in [6.45, 7) is 4.06. The summed E-state index contributed by atoms with van der Waals surface area (Å²) in [6.07, 6.45) is 5.75. The molecule has 0 atom stereocenters. The summed E-state index contributed by atoms with van der Waals surface area (Å²) in [5.41, 5.74) is 2.06. The molecule has 0 radical (unpaired) electrons. The third kappa shape index (κ3) is 4.82. The van der Waals surface area contributed by atoms with Gasteiger partial charge in [-0.1, -0.05) is 31.9 Å². The number of hydrogen-bond acceptors (Lipinski definition) is 6. The number of hydrogen-bond donors (Lipinski definition) is 1. The van der Waals surface area contributed by atoms with E-state index >= 15 is 0 Å². The van der Waals surface area contributed by atoms with Gasteiger partial charge in [0.05, 0.1) is 5.69 Å². The fraction of sp³-hybridized carbons (Fsp3) is 0.364. The molecule has 1 aliphatic rings. The van der Waals surface area contributed by atoms with Gasteiger partial charge in [0, 0.05) is 29.2 Å². The smallest absolute Gasteiger partial charge is 0.271 e. The first kappa shape index (κ1) is 20.8. The minimum absolute atomic E-state index is 0.325. The highest BCUT2D eigenvalue weighted by Gasteiger charge is 2.17. The molecule has 0 bridgehead atoms. The van der Waals surface area contributed by atoms with Crippen molar-refractivity contribution in [2.24, 2.45) is 0 Å². The van der Waals surface area contributed by atoms with Crippen LogP contribution >= 0.6 is 11.3 Å². The Morgan fingerprint density at radius 1 is 1.00 bits per heavy atom. The van der Waals surface area contributed by atoms with E-state index in [0.29, 0.717) is 9.90 Å². The summed E-state index contributed by atoms with van der Waals surface area (Å²) < 4.78 is 28.4. The van der Waals surface area contributed by atoms with Crippen LogP contribution in [0, 0.1) is 0 Å². The Labute approximate surface area is 182 Å². The Morgan fingerprint density at radius 3 is 2.47 bits per heavy atom. The van der Waals surface area contributed by atoms with Crippen molar-refractivity contribution in [2.75, 3.05) is 22.7 Å². The monoisotopic (exact) mass is 442 g/mol. The summed E-state index contributed by atoms with van der Waals surface area (Å²) in [6, 6.07) is 14.7. The Kier molecular flexibility index (Phi) is 6.34. The van der Waals surface area contributed by atoms with E-state index in [1.54, 1.807) is 18.2 Å². The van der Waals surface area contributed by atoms with Gasteiger partial charge >= 0.3 is 0 Å². The van der Waals surface area contributed by atoms with Crippen molar-refractivity contribution >= 4 is 32.9 Å². The van der Waals surface area contributed by atoms with Crippen LogP contribution in [0.3, 0.4) is 0 Å². The molecule has 30 heavy (non-hydrogen) atoms. The van der Waals surface area contributed by atoms with E-state index in [2.05, 4.69) is 19.8 Å². The number of rotatable bonds is 6. The average Bonchev–Trinajstić information content (AvgIpc) is 3.10. The number of aryl methyl sites for hydroxylation is 1. The summed E-state index contributed by atoms with van der Waals surface area (Å²) in [5.74, 6) is 0.905. The molecule has 3 heterocycles. The third-order valence-electron chi connectivity index (χ3n) is 5.24. The molecule has 3 aromatic rings. The second-order valence-electron chi connectivity index (χ2n) is 7.44. The maximum Gasteiger partial charge on any atom is 0.271 e. The number of sulfonamides is 1. The first-order valence-corrected chi connectivity index (χ1v) is 12.7. The maximum absolute atomic E-state index is 12.7. The largest absolute Gasteiger partial charge is 0.355 e. The molecule has 0 aliphatic carbocycles. The SMILES string of the molecule is CCc1ccc(S(=O)(=O)Nc2cccc(-c3ccc(N4CCCCCC4)nn3)c2)s1. The van der Waals surface area contributed by atoms with Crippen LogP contribution in [0.4, 0.5) is 11.5 Å². The van der Waals surface area contributed by atoms with E-state index in [9.17, 15) is 8.42 Å². The molecule has 6 nitrogen and oxygen atoms in total. The van der Waals surface area contributed by atoms with Gasteiger partial charge in [0.15, 0.2) is 5.82 Å². The molecule has 1 aliphatic heterocycles. The number of thiophene rings is 1. The second-order valence-corrected chi connectivity index (χ2v) is 10.5. The highest BCUT2D eigenvalue weighted by molar-refractivity contribution is 7.94. The topological polar surface area (TPSA) is 75.2 Å². The molecule has 2 aromatic heterocycles. The molecular weight excluding hydrogens is 416 g/mol. The van der Waals surface area contributed by atoms with Crippen molar-refractivity contribution < 1.29 is 8.42 Å². The fourth-order valence-corrected chi connectivity index (χ4v) is 5.93. The van der Waals surface area contributed by atoms with Crippen LogP contribution in [-0.4, -0.2) is 31.7 Å². The Bertz CT molecular complexity index is 1090. The molecule has 4 rings (SSSR count). The molecular formula is C22H26N4O2S2. The van der Waals surface area contributed by atoms with Gasteiger partial charge in [-0.25, -0.2) is 8.42 Å². The van der Waals surface area contributed by atoms with E-state index in [0.717, 1.165) is 41.5 Å². The molecule has 0 saturated carbocycles. The average molecular weight is 443 g/mol. The molecule has 1 N–H and O–H groups in total. The van der Waals surface area contributed by atoms with Gasteiger partial charge in [0.25, 0.3) is 10.0 Å². The molecule has 1 fully saturated rings. The quantitative estimate of drug-likeness (QED) is 0.585. The van der Waals surface area contributed by atoms with Crippen LogP contribution in [0.15, 0.2) is 52.7 Å². The van der Waals surface area contributed by atoms with E-state index in [1.165, 1.54) is 37.0 Å². The summed E-state index contributed by atoms with van der Waals surface area (Å²) >= 11 is 1.30. The van der Waals surface area contributed by atoms with E-state index in [-0.39, 0.29) is 0 Å². The highest BCUT2D eigenvalue weighted by atomic mass is 32.2. The van der Waals surface area contributed by atoms with Crippen LogP contribution in [0.1, 0.15) is 37.5 Å². The van der Waals surface area contributed by atoms with E-state index in [1.807, 2.05) is 37.3 Å². The lowest BCUT2D eigenvalue weighted by molar-refractivity contribution is 0.603. The minimum atomic E-state index is -3.60. The summed E-state index contributed by atoms with van der Waals surface area (Å²) in [4.78, 5) is 3.34. The van der Waals surface area contributed by atoms with Gasteiger partial charge in [0.1, 0.15) is 4.21 Å². The van der Waals surface area contributed by atoms with Crippen LogP contribution in [0.25, 0.3) is 11.3 Å². The van der Waals surface area contributed by atoms with Crippen molar-refractivity contribution in [3.05, 3.63) is 53.4 Å². The molecule has 1 aromatic carbocycles. The van der Waals surface area contributed by atoms with Crippen LogP contribution < -0.4 is 9.62 Å². The van der Waals surface area contributed by atoms with E-state index < -0.39 is 10.0 Å². The van der Waals surface area contributed by atoms with Crippen molar-refractivity contribution in [1.29, 1.82) is 0 Å². The fourth-order valence-electron chi connectivity index (χ4n) is 3.59. The van der Waals surface area contributed by atoms with Gasteiger partial charge in [-0.05, 0) is 55.7 Å². The van der Waals surface area contributed by atoms with Gasteiger partial charge in [-0.3, -0.25) is 4.72 Å². The van der Waals surface area contributed by atoms with Gasteiger partial charge in [-0.15, -0.1) is 21.5 Å². The predicted molar refractivity (Wildman–Crippen MR) is 123 cm³/mol. The molecule has 0 amide bonds. The lowest BCUT2D eigenvalue weighted by atomic mass is 10.1. The predicted octanol–water partition coefficient (Wildman–Crippen LogP) is 4.95. The lowest BCUT2D eigenvalue weighted by Crippen LogP contribution is -2.25. The Morgan fingerprint density at radius 2 is 1.80 bits per heavy atom. The van der Waals surface area contributed by atoms with Crippen molar-refractivity contribution in [3.8, 4) is 11.3 Å². The van der Waals surface area contributed by atoms with Crippen LogP contribution in [-0.2, 0) is 16.4 Å². The number of nitrogens with one attached hydrogen (secondary N) is 1.